The van der Waals surface area contributed by atoms with Crippen LogP contribution in [0.1, 0.15) is 18.4 Å². The van der Waals surface area contributed by atoms with Crippen LogP contribution in [0.5, 0.6) is 0 Å². The highest BCUT2D eigenvalue weighted by molar-refractivity contribution is 5.18. The molecule has 0 bridgehead atoms. The summed E-state index contributed by atoms with van der Waals surface area (Å²) in [5.41, 5.74) is 5.57. The summed E-state index contributed by atoms with van der Waals surface area (Å²) in [6.07, 6.45) is 1.60. The quantitative estimate of drug-likeness (QED) is 0.833. The van der Waals surface area contributed by atoms with Crippen molar-refractivity contribution in [2.75, 3.05) is 0 Å². The number of hydrogen-bond acceptors (Lipinski definition) is 2. The van der Waals surface area contributed by atoms with Crippen LogP contribution in [0.3, 0.4) is 0 Å². The Morgan fingerprint density at radius 3 is 2.40 bits per heavy atom. The molecule has 1 aromatic rings. The Bertz CT molecular complexity index is 330. The van der Waals surface area contributed by atoms with Gasteiger partial charge in [-0.1, -0.05) is 6.07 Å². The van der Waals surface area contributed by atoms with Crippen LogP contribution >= 0.6 is 0 Å². The van der Waals surface area contributed by atoms with E-state index >= 15 is 0 Å². The SMILES string of the molecule is NC1CC(OCc2c(F)cccc2F)C1. The average Bonchev–Trinajstić information content (AvgIpc) is 2.14. The van der Waals surface area contributed by atoms with E-state index in [-0.39, 0.29) is 24.3 Å². The maximum Gasteiger partial charge on any atom is 0.131 e. The molecule has 15 heavy (non-hydrogen) atoms. The molecule has 4 heteroatoms. The molecule has 0 amide bonds. The topological polar surface area (TPSA) is 35.2 Å². The van der Waals surface area contributed by atoms with Gasteiger partial charge in [0.15, 0.2) is 0 Å². The van der Waals surface area contributed by atoms with E-state index in [1.807, 2.05) is 0 Å². The van der Waals surface area contributed by atoms with Crippen molar-refractivity contribution in [3.8, 4) is 0 Å². The molecule has 0 saturated heterocycles. The largest absolute Gasteiger partial charge is 0.373 e. The van der Waals surface area contributed by atoms with Crippen molar-refractivity contribution < 1.29 is 13.5 Å². The lowest BCUT2D eigenvalue weighted by Gasteiger charge is -2.32. The number of ether oxygens (including phenoxy) is 1. The van der Waals surface area contributed by atoms with E-state index in [1.54, 1.807) is 0 Å². The second-order valence-electron chi connectivity index (χ2n) is 3.86. The highest BCUT2D eigenvalue weighted by atomic mass is 19.1. The summed E-state index contributed by atoms with van der Waals surface area (Å²) in [4.78, 5) is 0. The summed E-state index contributed by atoms with van der Waals surface area (Å²) in [7, 11) is 0. The van der Waals surface area contributed by atoms with Gasteiger partial charge in [-0.15, -0.1) is 0 Å². The Morgan fingerprint density at radius 2 is 1.87 bits per heavy atom. The van der Waals surface area contributed by atoms with Crippen LogP contribution in [-0.4, -0.2) is 12.1 Å². The summed E-state index contributed by atoms with van der Waals surface area (Å²) in [5, 5.41) is 0. The highest BCUT2D eigenvalue weighted by Gasteiger charge is 2.27. The number of nitrogens with two attached hydrogens (primary N) is 1. The third-order valence-corrected chi connectivity index (χ3v) is 2.66. The van der Waals surface area contributed by atoms with Crippen LogP contribution in [0.25, 0.3) is 0 Å². The fraction of sp³-hybridized carbons (Fsp3) is 0.455. The first-order valence-electron chi connectivity index (χ1n) is 4.97. The van der Waals surface area contributed by atoms with Gasteiger partial charge < -0.3 is 10.5 Å². The average molecular weight is 213 g/mol. The van der Waals surface area contributed by atoms with Gasteiger partial charge in [0, 0.05) is 11.6 Å². The Morgan fingerprint density at radius 1 is 1.27 bits per heavy atom. The zero-order valence-electron chi connectivity index (χ0n) is 8.25. The molecule has 0 spiro atoms. The van der Waals surface area contributed by atoms with Crippen LogP contribution in [0.2, 0.25) is 0 Å². The van der Waals surface area contributed by atoms with E-state index in [1.165, 1.54) is 18.2 Å². The summed E-state index contributed by atoms with van der Waals surface area (Å²) in [6.45, 7) is -0.0180. The Hall–Kier alpha value is -1.00. The first-order chi connectivity index (χ1) is 7.16. The van der Waals surface area contributed by atoms with E-state index in [2.05, 4.69) is 0 Å². The van der Waals surface area contributed by atoms with Crippen LogP contribution in [-0.2, 0) is 11.3 Å². The summed E-state index contributed by atoms with van der Waals surface area (Å²) in [6, 6.07) is 3.98. The Kier molecular flexibility index (Phi) is 2.98. The number of hydrogen-bond donors (Lipinski definition) is 1. The molecule has 0 heterocycles. The highest BCUT2D eigenvalue weighted by Crippen LogP contribution is 2.23. The smallest absolute Gasteiger partial charge is 0.131 e. The Labute approximate surface area is 87.0 Å². The predicted molar refractivity (Wildman–Crippen MR) is 52.1 cm³/mol. The number of halogens is 2. The van der Waals surface area contributed by atoms with E-state index in [0.717, 1.165) is 12.8 Å². The van der Waals surface area contributed by atoms with Gasteiger partial charge in [-0.25, -0.2) is 8.78 Å². The van der Waals surface area contributed by atoms with Crippen molar-refractivity contribution in [2.45, 2.75) is 31.6 Å². The van der Waals surface area contributed by atoms with Crippen molar-refractivity contribution in [1.82, 2.24) is 0 Å². The maximum atomic E-state index is 13.2. The summed E-state index contributed by atoms with van der Waals surface area (Å²) < 4.78 is 31.6. The van der Waals surface area contributed by atoms with E-state index in [9.17, 15) is 8.78 Å². The van der Waals surface area contributed by atoms with Crippen molar-refractivity contribution in [3.05, 3.63) is 35.4 Å². The van der Waals surface area contributed by atoms with Gasteiger partial charge in [0.1, 0.15) is 11.6 Å². The zero-order valence-corrected chi connectivity index (χ0v) is 8.25. The van der Waals surface area contributed by atoms with Gasteiger partial charge in [0.2, 0.25) is 0 Å². The Balaban J connectivity index is 1.93. The van der Waals surface area contributed by atoms with Crippen LogP contribution in [0.4, 0.5) is 8.78 Å². The van der Waals surface area contributed by atoms with E-state index in [0.29, 0.717) is 0 Å². The van der Waals surface area contributed by atoms with Gasteiger partial charge in [-0.05, 0) is 25.0 Å². The monoisotopic (exact) mass is 213 g/mol. The molecule has 0 aliphatic heterocycles. The van der Waals surface area contributed by atoms with Crippen LogP contribution in [0.15, 0.2) is 18.2 Å². The molecule has 1 fully saturated rings. The minimum absolute atomic E-state index is 0.00188. The van der Waals surface area contributed by atoms with E-state index in [4.69, 9.17) is 10.5 Å². The summed E-state index contributed by atoms with van der Waals surface area (Å²) >= 11 is 0. The molecular weight excluding hydrogens is 200 g/mol. The van der Waals surface area contributed by atoms with Gasteiger partial charge in [-0.3, -0.25) is 0 Å². The van der Waals surface area contributed by atoms with Crippen LogP contribution in [0, 0.1) is 11.6 Å². The predicted octanol–water partition coefficient (Wildman–Crippen LogP) is 1.97. The van der Waals surface area contributed by atoms with Gasteiger partial charge in [-0.2, -0.15) is 0 Å². The fourth-order valence-electron chi connectivity index (χ4n) is 1.61. The zero-order chi connectivity index (χ0) is 10.8. The molecule has 0 atom stereocenters. The lowest BCUT2D eigenvalue weighted by Crippen LogP contribution is -2.41. The molecule has 2 rings (SSSR count). The third kappa shape index (κ3) is 2.33. The molecule has 82 valence electrons. The second kappa shape index (κ2) is 4.24. The normalized spacial score (nSPS) is 25.0. The number of benzene rings is 1. The van der Waals surface area contributed by atoms with Gasteiger partial charge >= 0.3 is 0 Å². The molecule has 1 saturated carbocycles. The van der Waals surface area contributed by atoms with Crippen molar-refractivity contribution in [2.24, 2.45) is 5.73 Å². The molecule has 1 aromatic carbocycles. The van der Waals surface area contributed by atoms with Crippen molar-refractivity contribution >= 4 is 0 Å². The molecule has 1 aliphatic carbocycles. The summed E-state index contributed by atoms with van der Waals surface area (Å²) in [5.74, 6) is -1.11. The standard InChI is InChI=1S/C11H13F2NO/c12-10-2-1-3-11(13)9(10)6-15-8-4-7(14)5-8/h1-3,7-8H,4-6,14H2. The molecule has 1 aliphatic rings. The van der Waals surface area contributed by atoms with Gasteiger partial charge in [0.05, 0.1) is 12.7 Å². The number of rotatable bonds is 3. The lowest BCUT2D eigenvalue weighted by atomic mass is 9.90. The minimum atomic E-state index is -0.557. The fourth-order valence-corrected chi connectivity index (χ4v) is 1.61. The molecule has 0 unspecified atom stereocenters. The van der Waals surface area contributed by atoms with E-state index < -0.39 is 11.6 Å². The first-order valence-corrected chi connectivity index (χ1v) is 4.97. The maximum absolute atomic E-state index is 13.2. The lowest BCUT2D eigenvalue weighted by molar-refractivity contribution is -0.0209. The van der Waals surface area contributed by atoms with Crippen LogP contribution < -0.4 is 5.73 Å². The third-order valence-electron chi connectivity index (χ3n) is 2.66. The second-order valence-corrected chi connectivity index (χ2v) is 3.86. The molecular formula is C11H13F2NO. The molecule has 2 N–H and O–H groups in total. The molecule has 0 aromatic heterocycles. The van der Waals surface area contributed by atoms with Crippen molar-refractivity contribution in [3.63, 3.8) is 0 Å². The van der Waals surface area contributed by atoms with Crippen molar-refractivity contribution in [1.29, 1.82) is 0 Å². The van der Waals surface area contributed by atoms with Gasteiger partial charge in [0.25, 0.3) is 0 Å². The molecule has 2 nitrogen and oxygen atoms in total. The minimum Gasteiger partial charge on any atom is -0.373 e. The molecule has 0 radical (unpaired) electrons. The first kappa shape index (κ1) is 10.5.